The minimum atomic E-state index is -0.776. The van der Waals surface area contributed by atoms with Crippen LogP contribution in [-0.2, 0) is 19.5 Å². The van der Waals surface area contributed by atoms with Crippen molar-refractivity contribution in [3.05, 3.63) is 45.5 Å². The monoisotopic (exact) mass is 625 g/mol. The highest BCUT2D eigenvalue weighted by atomic mass is 16.7. The Hall–Kier alpha value is -2.99. The van der Waals surface area contributed by atoms with E-state index in [1.807, 2.05) is 29.7 Å². The van der Waals surface area contributed by atoms with E-state index in [0.717, 1.165) is 18.4 Å². The van der Waals surface area contributed by atoms with Gasteiger partial charge < -0.3 is 20.4 Å². The van der Waals surface area contributed by atoms with Crippen molar-refractivity contribution < 1.29 is 23.9 Å². The number of ketones is 1. The second-order valence-electron chi connectivity index (χ2n) is 15.5. The highest BCUT2D eigenvalue weighted by molar-refractivity contribution is 6.47. The smallest absolute Gasteiger partial charge is 0.404 e. The highest BCUT2D eigenvalue weighted by Gasteiger charge is 2.68. The van der Waals surface area contributed by atoms with Crippen LogP contribution in [0.15, 0.2) is 29.3 Å². The average molecular weight is 626 g/mol. The van der Waals surface area contributed by atoms with Crippen molar-refractivity contribution in [2.24, 2.45) is 39.8 Å². The van der Waals surface area contributed by atoms with Gasteiger partial charge in [0, 0.05) is 24.4 Å². The molecule has 0 radical (unpaired) electrons. The molecule has 4 aliphatic rings. The molecule has 3 saturated carbocycles. The van der Waals surface area contributed by atoms with Gasteiger partial charge in [-0.3, -0.25) is 9.59 Å². The zero-order valence-corrected chi connectivity index (χ0v) is 28.2. The summed E-state index contributed by atoms with van der Waals surface area (Å²) in [6.45, 7) is 17.5. The number of hydrogen-bond acceptors (Lipinski definition) is 7. The number of carbonyl (C=O) groups excluding carboxylic acids is 2. The molecule has 1 heterocycles. The number of nitrogens with one attached hydrogen (secondary N) is 2. The fourth-order valence-electron chi connectivity index (χ4n) is 7.61. The zero-order valence-electron chi connectivity index (χ0n) is 28.2. The number of hydrogen-bond donors (Lipinski definition) is 3. The molecule has 6 atom stereocenters. The van der Waals surface area contributed by atoms with Gasteiger partial charge in [0.2, 0.25) is 5.91 Å². The molecule has 248 valence electrons. The lowest BCUT2D eigenvalue weighted by Crippen LogP contribution is -2.65. The van der Waals surface area contributed by atoms with Gasteiger partial charge in [-0.15, -0.1) is 0 Å². The molecule has 0 unspecified atom stereocenters. The van der Waals surface area contributed by atoms with E-state index < -0.39 is 23.7 Å². The summed E-state index contributed by atoms with van der Waals surface area (Å²) < 4.78 is 13.3. The lowest BCUT2D eigenvalue weighted by molar-refractivity contribution is -0.525. The molecule has 11 nitrogen and oxygen atoms in total. The van der Waals surface area contributed by atoms with E-state index in [0.29, 0.717) is 36.7 Å². The number of nitrogens with two attached hydrogens (primary N) is 1. The van der Waals surface area contributed by atoms with Crippen LogP contribution in [0, 0.1) is 39.2 Å². The largest absolute Gasteiger partial charge is 0.481 e. The van der Waals surface area contributed by atoms with Crippen molar-refractivity contribution in [1.82, 2.24) is 10.7 Å². The van der Waals surface area contributed by atoms with Crippen molar-refractivity contribution in [1.29, 1.82) is 0 Å². The summed E-state index contributed by atoms with van der Waals surface area (Å²) in [5, 5.41) is 13.1. The molecular formula is C33H52BN5O6. The second kappa shape index (κ2) is 13.4. The van der Waals surface area contributed by atoms with Crippen molar-refractivity contribution in [3.8, 4) is 0 Å². The molecule has 45 heavy (non-hydrogen) atoms. The van der Waals surface area contributed by atoms with Crippen LogP contribution >= 0.6 is 0 Å². The summed E-state index contributed by atoms with van der Waals surface area (Å²) in [6, 6.07) is 7.56. The summed E-state index contributed by atoms with van der Waals surface area (Å²) in [7, 11) is -0.569. The molecule has 1 aromatic carbocycles. The maximum Gasteiger partial charge on any atom is 0.481 e. The predicted molar refractivity (Wildman–Crippen MR) is 175 cm³/mol. The number of amides is 1. The van der Waals surface area contributed by atoms with Gasteiger partial charge in [0.15, 0.2) is 10.8 Å². The first kappa shape index (κ1) is 34.9. The first-order valence-corrected chi connectivity index (χ1v) is 16.4. The molecular weight excluding hydrogens is 573 g/mol. The van der Waals surface area contributed by atoms with Gasteiger partial charge >= 0.3 is 7.12 Å². The summed E-state index contributed by atoms with van der Waals surface area (Å²) in [5.41, 5.74) is 8.82. The van der Waals surface area contributed by atoms with Gasteiger partial charge in [0.25, 0.3) is 5.96 Å². The molecule has 12 heteroatoms. The van der Waals surface area contributed by atoms with Crippen LogP contribution in [0.4, 0.5) is 0 Å². The summed E-state index contributed by atoms with van der Waals surface area (Å²) >= 11 is 0. The average Bonchev–Trinajstić information content (AvgIpc) is 3.30. The van der Waals surface area contributed by atoms with E-state index in [1.165, 1.54) is 0 Å². The van der Waals surface area contributed by atoms with Gasteiger partial charge in [-0.2, -0.15) is 0 Å². The van der Waals surface area contributed by atoms with Gasteiger partial charge in [-0.1, -0.05) is 78.2 Å². The van der Waals surface area contributed by atoms with Crippen molar-refractivity contribution in [2.75, 3.05) is 6.54 Å². The molecule has 0 aromatic heterocycles. The van der Waals surface area contributed by atoms with E-state index in [4.69, 9.17) is 15.0 Å². The SMILES string of the molecule is CC(C)C[C@H](NC(=O)[C@H](CCCN=C(N)N[N+](=O)[O-])CC(=O)c1ccc(C(C)(C)C)cc1)B1O[C@@H]2C[C@H]3C[C@H](C3(C)C)[C@]2(C)O1. The van der Waals surface area contributed by atoms with Gasteiger partial charge in [-0.25, -0.2) is 15.1 Å². The first-order valence-electron chi connectivity index (χ1n) is 16.4. The van der Waals surface area contributed by atoms with Gasteiger partial charge in [0.1, 0.15) is 0 Å². The topological polar surface area (TPSA) is 158 Å². The molecule has 1 amide bonds. The number of nitrogens with zero attached hydrogens (tertiary/aromatic N) is 2. The number of Topliss-reactive ketones (excluding diaryl/α,β-unsaturated/α-hetero) is 1. The van der Waals surface area contributed by atoms with Crippen molar-refractivity contribution in [3.63, 3.8) is 0 Å². The molecule has 1 aromatic rings. The van der Waals surface area contributed by atoms with E-state index >= 15 is 0 Å². The molecule has 5 rings (SSSR count). The summed E-state index contributed by atoms with van der Waals surface area (Å²) in [4.78, 5) is 42.0. The van der Waals surface area contributed by atoms with Crippen LogP contribution in [0.25, 0.3) is 0 Å². The van der Waals surface area contributed by atoms with Crippen molar-refractivity contribution >= 4 is 24.8 Å². The third kappa shape index (κ3) is 7.88. The Morgan fingerprint density at radius 3 is 2.42 bits per heavy atom. The van der Waals surface area contributed by atoms with E-state index in [2.05, 4.69) is 65.7 Å². The van der Waals surface area contributed by atoms with Crippen molar-refractivity contribution in [2.45, 2.75) is 117 Å². The number of rotatable bonds is 13. The van der Waals surface area contributed by atoms with E-state index in [-0.39, 0.29) is 59.4 Å². The molecule has 1 saturated heterocycles. The highest BCUT2D eigenvalue weighted by Crippen LogP contribution is 2.65. The maximum atomic E-state index is 14.0. The van der Waals surface area contributed by atoms with Crippen LogP contribution < -0.4 is 16.5 Å². The number of guanidine groups is 1. The minimum absolute atomic E-state index is 0.00428. The van der Waals surface area contributed by atoms with Crippen LogP contribution in [-0.4, -0.2) is 54.0 Å². The Balaban J connectivity index is 1.49. The Bertz CT molecular complexity index is 1280. The second-order valence-corrected chi connectivity index (χ2v) is 15.5. The Morgan fingerprint density at radius 1 is 1.18 bits per heavy atom. The van der Waals surface area contributed by atoms with Gasteiger partial charge in [0.05, 0.1) is 17.6 Å². The summed E-state index contributed by atoms with van der Waals surface area (Å²) in [6.07, 6.45) is 3.55. The van der Waals surface area contributed by atoms with E-state index in [9.17, 15) is 19.7 Å². The predicted octanol–water partition coefficient (Wildman–Crippen LogP) is 4.85. The normalized spacial score (nSPS) is 26.9. The zero-order chi connectivity index (χ0) is 33.3. The van der Waals surface area contributed by atoms with Crippen LogP contribution in [0.3, 0.4) is 0 Å². The van der Waals surface area contributed by atoms with Crippen LogP contribution in [0.1, 0.15) is 110 Å². The minimum Gasteiger partial charge on any atom is -0.404 e. The molecule has 3 aliphatic carbocycles. The standard InChI is InChI=1S/C33H52BN5O6/c1-20(2)16-28(34-44-27-19-24-18-26(32(24,6)7)33(27,8)45-34)37-29(41)22(10-9-15-36-30(35)38-39(42)43)17-25(40)21-11-13-23(14-12-21)31(3,4)5/h11-14,20,22,24,26-28H,9-10,15-19H2,1-8H3,(H,37,41)(H3,35,36,38)/t22-,24-,26-,27-,28+,33+/m1/s1. The van der Waals surface area contributed by atoms with Gasteiger partial charge in [-0.05, 0) is 73.2 Å². The molecule has 4 N–H and O–H groups in total. The van der Waals surface area contributed by atoms with E-state index in [1.54, 1.807) is 0 Å². The quantitative estimate of drug-likeness (QED) is 0.0534. The Labute approximate surface area is 268 Å². The maximum absolute atomic E-state index is 14.0. The first-order chi connectivity index (χ1) is 20.9. The number of carbonyl (C=O) groups is 2. The van der Waals surface area contributed by atoms with Crippen LogP contribution in [0.5, 0.6) is 0 Å². The number of nitro groups is 1. The fraction of sp³-hybridized carbons (Fsp3) is 0.727. The molecule has 2 bridgehead atoms. The number of hydrazine groups is 1. The third-order valence-electron chi connectivity index (χ3n) is 10.4. The van der Waals surface area contributed by atoms with Crippen LogP contribution in [0.2, 0.25) is 0 Å². The summed E-state index contributed by atoms with van der Waals surface area (Å²) in [5.74, 6) is -0.383. The fourth-order valence-corrected chi connectivity index (χ4v) is 7.61. The molecule has 1 aliphatic heterocycles. The number of benzene rings is 1. The Morgan fingerprint density at radius 2 is 1.84 bits per heavy atom. The number of aliphatic imine (C=N–C) groups is 1. The lowest BCUT2D eigenvalue weighted by atomic mass is 9.43. The Kier molecular flexibility index (Phi) is 10.4. The third-order valence-corrected chi connectivity index (χ3v) is 10.4. The lowest BCUT2D eigenvalue weighted by Gasteiger charge is -2.64. The molecule has 0 spiro atoms. The molecule has 4 fully saturated rings.